The number of benzene rings is 1. The first-order valence-corrected chi connectivity index (χ1v) is 7.55. The smallest absolute Gasteiger partial charge is 0.258 e. The van der Waals surface area contributed by atoms with Crippen LogP contribution in [0.5, 0.6) is 0 Å². The third kappa shape index (κ3) is 3.65. The summed E-state index contributed by atoms with van der Waals surface area (Å²) in [5.41, 5.74) is 0.416. The van der Waals surface area contributed by atoms with Gasteiger partial charge >= 0.3 is 0 Å². The van der Waals surface area contributed by atoms with Crippen LogP contribution in [-0.2, 0) is 0 Å². The number of hydrogen-bond donors (Lipinski definition) is 1. The summed E-state index contributed by atoms with van der Waals surface area (Å²) in [4.78, 5) is 24.8. The Morgan fingerprint density at radius 3 is 2.38 bits per heavy atom. The van der Waals surface area contributed by atoms with Gasteiger partial charge in [-0.1, -0.05) is 0 Å². The molecule has 24 heavy (non-hydrogen) atoms. The number of amides is 1. The molecule has 2 aromatic rings. The second kappa shape index (κ2) is 6.88. The maximum Gasteiger partial charge on any atom is 0.258 e. The summed E-state index contributed by atoms with van der Waals surface area (Å²) in [6.07, 6.45) is 2.85. The Balaban J connectivity index is 1.66. The monoisotopic (exact) mass is 333 g/mol. The molecule has 8 heteroatoms. The molecule has 1 aromatic carbocycles. The van der Waals surface area contributed by atoms with Gasteiger partial charge in [-0.05, 0) is 19.2 Å². The van der Waals surface area contributed by atoms with Crippen LogP contribution in [0.4, 0.5) is 20.4 Å². The van der Waals surface area contributed by atoms with Crippen LogP contribution >= 0.6 is 0 Å². The lowest BCUT2D eigenvalue weighted by atomic mass is 10.2. The molecule has 1 N–H and O–H groups in total. The lowest BCUT2D eigenvalue weighted by Crippen LogP contribution is -2.45. The van der Waals surface area contributed by atoms with E-state index < -0.39 is 17.5 Å². The van der Waals surface area contributed by atoms with Gasteiger partial charge in [0.1, 0.15) is 0 Å². The largest absolute Gasteiger partial charge is 0.338 e. The molecule has 0 spiro atoms. The molecule has 1 aliphatic heterocycles. The van der Waals surface area contributed by atoms with Gasteiger partial charge in [0.05, 0.1) is 5.56 Å². The Morgan fingerprint density at radius 2 is 1.75 bits per heavy atom. The Hall–Kier alpha value is -2.61. The van der Waals surface area contributed by atoms with E-state index >= 15 is 0 Å². The van der Waals surface area contributed by atoms with Gasteiger partial charge in [-0.2, -0.15) is 0 Å². The van der Waals surface area contributed by atoms with Crippen LogP contribution in [0.3, 0.4) is 0 Å². The molecule has 1 amide bonds. The lowest BCUT2D eigenvalue weighted by molar-refractivity contribution is 0.102. The van der Waals surface area contributed by atoms with E-state index in [1.165, 1.54) is 18.5 Å². The van der Waals surface area contributed by atoms with E-state index in [4.69, 9.17) is 0 Å². The predicted octanol–water partition coefficient (Wildman–Crippen LogP) is 1.76. The third-order valence-electron chi connectivity index (χ3n) is 3.86. The molecular formula is C16H17F2N5O. The molecule has 0 atom stereocenters. The predicted molar refractivity (Wildman–Crippen MR) is 86.1 cm³/mol. The molecule has 0 unspecified atom stereocenters. The zero-order chi connectivity index (χ0) is 17.1. The van der Waals surface area contributed by atoms with Gasteiger partial charge in [0, 0.05) is 50.3 Å². The summed E-state index contributed by atoms with van der Waals surface area (Å²) >= 11 is 0. The zero-order valence-electron chi connectivity index (χ0n) is 13.2. The van der Waals surface area contributed by atoms with Crippen LogP contribution in [0, 0.1) is 11.6 Å². The van der Waals surface area contributed by atoms with E-state index in [-0.39, 0.29) is 11.3 Å². The normalized spacial score (nSPS) is 15.4. The van der Waals surface area contributed by atoms with E-state index in [1.54, 1.807) is 0 Å². The first-order valence-electron chi connectivity index (χ1n) is 7.55. The number of nitrogens with one attached hydrogen (secondary N) is 1. The number of carbonyl (C=O) groups is 1. The van der Waals surface area contributed by atoms with E-state index in [2.05, 4.69) is 32.1 Å². The number of hydrogen-bond acceptors (Lipinski definition) is 5. The van der Waals surface area contributed by atoms with Gasteiger partial charge < -0.3 is 15.1 Å². The second-order valence-corrected chi connectivity index (χ2v) is 5.65. The number of aromatic nitrogens is 2. The molecule has 1 aliphatic rings. The standard InChI is InChI=1S/C16H17F2N5O/c1-22-4-6-23(7-5-22)16-19-9-11(10-20-16)15(24)21-12-2-3-13(17)14(18)8-12/h2-3,8-10H,4-7H2,1H3,(H,21,24). The van der Waals surface area contributed by atoms with Crippen LogP contribution in [0.2, 0.25) is 0 Å². The lowest BCUT2D eigenvalue weighted by Gasteiger charge is -2.32. The highest BCUT2D eigenvalue weighted by Gasteiger charge is 2.17. The van der Waals surface area contributed by atoms with Crippen molar-refractivity contribution in [1.29, 1.82) is 0 Å². The molecule has 0 saturated carbocycles. The van der Waals surface area contributed by atoms with E-state index in [1.807, 2.05) is 0 Å². The molecular weight excluding hydrogens is 316 g/mol. The summed E-state index contributed by atoms with van der Waals surface area (Å²) in [6, 6.07) is 3.17. The van der Waals surface area contributed by atoms with Gasteiger partial charge in [0.25, 0.3) is 5.91 Å². The summed E-state index contributed by atoms with van der Waals surface area (Å²) < 4.78 is 26.0. The molecule has 1 fully saturated rings. The van der Waals surface area contributed by atoms with E-state index in [0.29, 0.717) is 5.95 Å². The highest BCUT2D eigenvalue weighted by Crippen LogP contribution is 2.15. The fourth-order valence-corrected chi connectivity index (χ4v) is 2.39. The average Bonchev–Trinajstić information content (AvgIpc) is 2.59. The van der Waals surface area contributed by atoms with Crippen molar-refractivity contribution < 1.29 is 13.6 Å². The Bertz CT molecular complexity index is 730. The van der Waals surface area contributed by atoms with Crippen molar-refractivity contribution in [3.8, 4) is 0 Å². The molecule has 0 radical (unpaired) electrons. The molecule has 1 aromatic heterocycles. The van der Waals surface area contributed by atoms with Crippen molar-refractivity contribution in [2.24, 2.45) is 0 Å². The highest BCUT2D eigenvalue weighted by molar-refractivity contribution is 6.03. The zero-order valence-corrected chi connectivity index (χ0v) is 13.2. The third-order valence-corrected chi connectivity index (χ3v) is 3.86. The second-order valence-electron chi connectivity index (χ2n) is 5.65. The van der Waals surface area contributed by atoms with Crippen LogP contribution in [0.25, 0.3) is 0 Å². The number of piperazine rings is 1. The molecule has 0 aliphatic carbocycles. The number of rotatable bonds is 3. The van der Waals surface area contributed by atoms with Crippen LogP contribution < -0.4 is 10.2 Å². The number of halogens is 2. The maximum atomic E-state index is 13.2. The number of likely N-dealkylation sites (N-methyl/N-ethyl adjacent to an activating group) is 1. The van der Waals surface area contributed by atoms with Gasteiger partial charge in [-0.25, -0.2) is 18.7 Å². The van der Waals surface area contributed by atoms with Crippen molar-refractivity contribution in [2.45, 2.75) is 0 Å². The summed E-state index contributed by atoms with van der Waals surface area (Å²) in [5, 5.41) is 2.49. The minimum Gasteiger partial charge on any atom is -0.338 e. The number of carbonyl (C=O) groups excluding carboxylic acids is 1. The van der Waals surface area contributed by atoms with Crippen LogP contribution in [-0.4, -0.2) is 54.0 Å². The van der Waals surface area contributed by atoms with Crippen molar-refractivity contribution in [2.75, 3.05) is 43.4 Å². The summed E-state index contributed by atoms with van der Waals surface area (Å²) in [5.74, 6) is -1.89. The van der Waals surface area contributed by atoms with Crippen molar-refractivity contribution >= 4 is 17.5 Å². The first-order chi connectivity index (χ1) is 11.5. The molecule has 1 saturated heterocycles. The quantitative estimate of drug-likeness (QED) is 0.927. The Labute approximate surface area is 138 Å². The minimum atomic E-state index is -1.02. The Kier molecular flexibility index (Phi) is 4.66. The molecule has 0 bridgehead atoms. The minimum absolute atomic E-state index is 0.169. The molecule has 2 heterocycles. The SMILES string of the molecule is CN1CCN(c2ncc(C(=O)Nc3ccc(F)c(F)c3)cn2)CC1. The summed E-state index contributed by atoms with van der Waals surface area (Å²) in [7, 11) is 2.06. The molecule has 126 valence electrons. The average molecular weight is 333 g/mol. The number of nitrogens with zero attached hydrogens (tertiary/aromatic N) is 4. The number of anilines is 2. The van der Waals surface area contributed by atoms with Gasteiger partial charge in [0.15, 0.2) is 11.6 Å². The van der Waals surface area contributed by atoms with Crippen molar-refractivity contribution in [3.63, 3.8) is 0 Å². The van der Waals surface area contributed by atoms with E-state index in [0.717, 1.165) is 38.3 Å². The fourth-order valence-electron chi connectivity index (χ4n) is 2.39. The fraction of sp³-hybridized carbons (Fsp3) is 0.312. The topological polar surface area (TPSA) is 61.4 Å². The highest BCUT2D eigenvalue weighted by atomic mass is 19.2. The van der Waals surface area contributed by atoms with Crippen LogP contribution in [0.15, 0.2) is 30.6 Å². The Morgan fingerprint density at radius 1 is 1.08 bits per heavy atom. The van der Waals surface area contributed by atoms with Gasteiger partial charge in [-0.15, -0.1) is 0 Å². The maximum absolute atomic E-state index is 13.2. The van der Waals surface area contributed by atoms with E-state index in [9.17, 15) is 13.6 Å². The molecule has 3 rings (SSSR count). The van der Waals surface area contributed by atoms with Gasteiger partial charge in [-0.3, -0.25) is 4.79 Å². The van der Waals surface area contributed by atoms with Crippen molar-refractivity contribution in [3.05, 3.63) is 47.8 Å². The van der Waals surface area contributed by atoms with Crippen molar-refractivity contribution in [1.82, 2.24) is 14.9 Å². The molecule has 6 nitrogen and oxygen atoms in total. The van der Waals surface area contributed by atoms with Gasteiger partial charge in [0.2, 0.25) is 5.95 Å². The summed E-state index contributed by atoms with van der Waals surface area (Å²) in [6.45, 7) is 3.53. The first kappa shape index (κ1) is 16.3. The van der Waals surface area contributed by atoms with Crippen LogP contribution in [0.1, 0.15) is 10.4 Å².